The van der Waals surface area contributed by atoms with Gasteiger partial charge in [0.25, 0.3) is 0 Å². The molecule has 0 radical (unpaired) electrons. The quantitative estimate of drug-likeness (QED) is 0.609. The minimum atomic E-state index is -1.09. The summed E-state index contributed by atoms with van der Waals surface area (Å²) in [5.41, 5.74) is 0.942. The highest BCUT2D eigenvalue weighted by atomic mass is 35.5. The Hall–Kier alpha value is -2.03. The number of carbonyl (C=O) groups is 3. The molecule has 8 nitrogen and oxygen atoms in total. The summed E-state index contributed by atoms with van der Waals surface area (Å²) in [6.07, 6.45) is 1.97. The molecule has 3 amide bonds. The number of halogens is 2. The third-order valence-corrected chi connectivity index (χ3v) is 8.31. The number of piperidine rings is 1. The van der Waals surface area contributed by atoms with Crippen molar-refractivity contribution in [2.75, 3.05) is 39.8 Å². The number of benzene rings is 1. The standard InChI is InChI=1S/C24H31Cl2N3O5/c1-34-18-8-16(9-18)23(31)28-6-4-14(5-7-28)22(30)29-12-17(11-27-24(32)33)19(13-29)15-2-3-20(25)21(26)10-15/h2-3,10,14,16-19,27H,4-9,11-13H2,1H3,(H,32,33)/t16?,17-,18?,19-/m0/s1. The molecule has 2 aliphatic heterocycles. The van der Waals surface area contributed by atoms with Crippen molar-refractivity contribution in [3.63, 3.8) is 0 Å². The first-order valence-corrected chi connectivity index (χ1v) is 12.5. The number of carboxylic acid groups (broad SMARTS) is 1. The highest BCUT2D eigenvalue weighted by Gasteiger charge is 2.41. The molecule has 2 saturated heterocycles. The van der Waals surface area contributed by atoms with Crippen LogP contribution in [0.15, 0.2) is 18.2 Å². The summed E-state index contributed by atoms with van der Waals surface area (Å²) < 4.78 is 5.28. The maximum atomic E-state index is 13.4. The lowest BCUT2D eigenvalue weighted by Crippen LogP contribution is -2.49. The van der Waals surface area contributed by atoms with Crippen LogP contribution in [-0.4, -0.2) is 78.8 Å². The van der Waals surface area contributed by atoms with Gasteiger partial charge in [-0.1, -0.05) is 29.3 Å². The van der Waals surface area contributed by atoms with E-state index in [4.69, 9.17) is 33.0 Å². The van der Waals surface area contributed by atoms with Gasteiger partial charge in [-0.25, -0.2) is 4.79 Å². The molecule has 1 aliphatic carbocycles. The molecule has 3 fully saturated rings. The van der Waals surface area contributed by atoms with Crippen molar-refractivity contribution in [1.29, 1.82) is 0 Å². The zero-order valence-electron chi connectivity index (χ0n) is 19.2. The van der Waals surface area contributed by atoms with Gasteiger partial charge < -0.3 is 25.0 Å². The first-order chi connectivity index (χ1) is 16.3. The normalized spacial score (nSPS) is 27.4. The maximum Gasteiger partial charge on any atom is 0.404 e. The molecule has 186 valence electrons. The Bertz CT molecular complexity index is 931. The van der Waals surface area contributed by atoms with Crippen LogP contribution in [0.3, 0.4) is 0 Å². The first-order valence-electron chi connectivity index (χ1n) is 11.8. The van der Waals surface area contributed by atoms with Crippen LogP contribution in [0, 0.1) is 17.8 Å². The van der Waals surface area contributed by atoms with Crippen molar-refractivity contribution in [3.05, 3.63) is 33.8 Å². The van der Waals surface area contributed by atoms with Gasteiger partial charge in [0.05, 0.1) is 16.1 Å². The summed E-state index contributed by atoms with van der Waals surface area (Å²) in [4.78, 5) is 40.9. The van der Waals surface area contributed by atoms with Crippen molar-refractivity contribution >= 4 is 41.1 Å². The molecule has 10 heteroatoms. The van der Waals surface area contributed by atoms with E-state index in [0.717, 1.165) is 18.4 Å². The third-order valence-electron chi connectivity index (χ3n) is 7.57. The predicted molar refractivity (Wildman–Crippen MR) is 128 cm³/mol. The fourth-order valence-corrected chi connectivity index (χ4v) is 5.73. The van der Waals surface area contributed by atoms with Gasteiger partial charge in [0.2, 0.25) is 11.8 Å². The number of nitrogens with zero attached hydrogens (tertiary/aromatic N) is 2. The Labute approximate surface area is 209 Å². The Balaban J connectivity index is 1.36. The molecule has 1 aromatic carbocycles. The highest BCUT2D eigenvalue weighted by Crippen LogP contribution is 2.37. The molecule has 4 rings (SSSR count). The Morgan fingerprint density at radius 3 is 2.32 bits per heavy atom. The van der Waals surface area contributed by atoms with Gasteiger partial charge >= 0.3 is 6.09 Å². The van der Waals surface area contributed by atoms with Crippen LogP contribution >= 0.6 is 23.2 Å². The molecule has 0 aromatic heterocycles. The molecule has 2 heterocycles. The molecule has 0 unspecified atom stereocenters. The van der Waals surface area contributed by atoms with Crippen LogP contribution in [0.2, 0.25) is 10.0 Å². The summed E-state index contributed by atoms with van der Waals surface area (Å²) in [6, 6.07) is 5.42. The SMILES string of the molecule is COC1CC(C(=O)N2CCC(C(=O)N3C[C@H](CNC(=O)O)[C@H](c4ccc(Cl)c(Cl)c4)C3)CC2)C1. The molecular formula is C24H31Cl2N3O5. The monoisotopic (exact) mass is 511 g/mol. The number of hydrogen-bond acceptors (Lipinski definition) is 4. The number of ether oxygens (including phenoxy) is 1. The first kappa shape index (κ1) is 25.1. The molecule has 0 bridgehead atoms. The average Bonchev–Trinajstić information content (AvgIpc) is 3.22. The molecule has 0 spiro atoms. The van der Waals surface area contributed by atoms with Crippen molar-refractivity contribution in [2.45, 2.75) is 37.7 Å². The lowest BCUT2D eigenvalue weighted by atomic mass is 9.80. The van der Waals surface area contributed by atoms with E-state index in [9.17, 15) is 14.4 Å². The van der Waals surface area contributed by atoms with Gasteiger partial charge in [0, 0.05) is 63.5 Å². The molecule has 2 atom stereocenters. The molecule has 3 aliphatic rings. The number of methoxy groups -OCH3 is 1. The molecular weight excluding hydrogens is 481 g/mol. The van der Waals surface area contributed by atoms with Crippen molar-refractivity contribution in [1.82, 2.24) is 15.1 Å². The average molecular weight is 512 g/mol. The lowest BCUT2D eigenvalue weighted by Gasteiger charge is -2.39. The number of nitrogens with one attached hydrogen (secondary N) is 1. The summed E-state index contributed by atoms with van der Waals surface area (Å²) in [6.45, 7) is 2.42. The summed E-state index contributed by atoms with van der Waals surface area (Å²) >= 11 is 12.3. The van der Waals surface area contributed by atoms with E-state index < -0.39 is 6.09 Å². The molecule has 2 N–H and O–H groups in total. The minimum absolute atomic E-state index is 0.0421. The predicted octanol–water partition coefficient (Wildman–Crippen LogP) is 3.47. The number of likely N-dealkylation sites (tertiary alicyclic amines) is 2. The van der Waals surface area contributed by atoms with Crippen LogP contribution < -0.4 is 5.32 Å². The van der Waals surface area contributed by atoms with Crippen molar-refractivity contribution < 1.29 is 24.2 Å². The van der Waals surface area contributed by atoms with Crippen LogP contribution in [-0.2, 0) is 14.3 Å². The van der Waals surface area contributed by atoms with Crippen molar-refractivity contribution in [3.8, 4) is 0 Å². The number of amides is 3. The molecule has 1 saturated carbocycles. The maximum absolute atomic E-state index is 13.4. The van der Waals surface area contributed by atoms with Gasteiger partial charge in [-0.05, 0) is 43.4 Å². The van der Waals surface area contributed by atoms with E-state index in [2.05, 4.69) is 5.32 Å². The largest absolute Gasteiger partial charge is 0.465 e. The van der Waals surface area contributed by atoms with Crippen LogP contribution in [0.1, 0.15) is 37.2 Å². The van der Waals surface area contributed by atoms with Gasteiger partial charge in [-0.15, -0.1) is 0 Å². The van der Waals surface area contributed by atoms with Gasteiger partial charge in [0.1, 0.15) is 0 Å². The number of carbonyl (C=O) groups excluding carboxylic acids is 2. The second-order valence-electron chi connectivity index (χ2n) is 9.59. The van der Waals surface area contributed by atoms with E-state index in [1.54, 1.807) is 19.2 Å². The Morgan fingerprint density at radius 1 is 1.03 bits per heavy atom. The lowest BCUT2D eigenvalue weighted by molar-refractivity contribution is -0.147. The number of hydrogen-bond donors (Lipinski definition) is 2. The van der Waals surface area contributed by atoms with Gasteiger partial charge in [-0.2, -0.15) is 0 Å². The Kier molecular flexibility index (Phi) is 7.90. The summed E-state index contributed by atoms with van der Waals surface area (Å²) in [5.74, 6) is 0.0758. The van der Waals surface area contributed by atoms with Gasteiger partial charge in [-0.3, -0.25) is 9.59 Å². The number of rotatable bonds is 6. The second-order valence-corrected chi connectivity index (χ2v) is 10.4. The zero-order valence-corrected chi connectivity index (χ0v) is 20.7. The smallest absolute Gasteiger partial charge is 0.404 e. The Morgan fingerprint density at radius 2 is 1.71 bits per heavy atom. The molecule has 1 aromatic rings. The van der Waals surface area contributed by atoms with E-state index in [-0.39, 0.29) is 48.1 Å². The fourth-order valence-electron chi connectivity index (χ4n) is 5.42. The van der Waals surface area contributed by atoms with E-state index in [1.807, 2.05) is 15.9 Å². The third kappa shape index (κ3) is 5.44. The summed E-state index contributed by atoms with van der Waals surface area (Å²) in [7, 11) is 1.68. The fraction of sp³-hybridized carbons (Fsp3) is 0.625. The van der Waals surface area contributed by atoms with Crippen molar-refractivity contribution in [2.24, 2.45) is 17.8 Å². The second kappa shape index (κ2) is 10.7. The zero-order chi connectivity index (χ0) is 24.4. The molecule has 34 heavy (non-hydrogen) atoms. The summed E-state index contributed by atoms with van der Waals surface area (Å²) in [5, 5.41) is 12.4. The van der Waals surface area contributed by atoms with E-state index in [1.165, 1.54) is 0 Å². The highest BCUT2D eigenvalue weighted by molar-refractivity contribution is 6.42. The van der Waals surface area contributed by atoms with Gasteiger partial charge in [0.15, 0.2) is 0 Å². The minimum Gasteiger partial charge on any atom is -0.465 e. The van der Waals surface area contributed by atoms with Crippen LogP contribution in [0.5, 0.6) is 0 Å². The van der Waals surface area contributed by atoms with Crippen LogP contribution in [0.4, 0.5) is 4.79 Å². The van der Waals surface area contributed by atoms with E-state index >= 15 is 0 Å². The topological polar surface area (TPSA) is 99.2 Å². The van der Waals surface area contributed by atoms with Crippen LogP contribution in [0.25, 0.3) is 0 Å². The van der Waals surface area contributed by atoms with E-state index in [0.29, 0.717) is 49.1 Å².